The van der Waals surface area contributed by atoms with Crippen LogP contribution in [0.1, 0.15) is 16.1 Å². The van der Waals surface area contributed by atoms with E-state index in [-0.39, 0.29) is 14.5 Å². The van der Waals surface area contributed by atoms with Gasteiger partial charge in [-0.1, -0.05) is 0 Å². The monoisotopic (exact) mass is 377 g/mol. The average Bonchev–Trinajstić information content (AvgIpc) is 3.03. The summed E-state index contributed by atoms with van der Waals surface area (Å²) in [5, 5.41) is -0.520. The van der Waals surface area contributed by atoms with Crippen molar-refractivity contribution in [1.82, 2.24) is 4.98 Å². The van der Waals surface area contributed by atoms with E-state index < -0.39 is 5.24 Å². The van der Waals surface area contributed by atoms with E-state index >= 15 is 0 Å². The molecule has 0 aliphatic heterocycles. The summed E-state index contributed by atoms with van der Waals surface area (Å²) in [6.45, 7) is 0.333. The summed E-state index contributed by atoms with van der Waals surface area (Å²) in [6, 6.07) is 17.1. The number of hydrogen-bond acceptors (Lipinski definition) is 3. The van der Waals surface area contributed by atoms with Crippen LogP contribution in [0, 0.1) is 0 Å². The van der Waals surface area contributed by atoms with Gasteiger partial charge in [0.1, 0.15) is 0 Å². The Morgan fingerprint density at radius 3 is 2.59 bits per heavy atom. The van der Waals surface area contributed by atoms with Crippen LogP contribution in [0.5, 0.6) is 5.75 Å². The molecule has 2 aromatic carbocycles. The molecule has 0 aliphatic rings. The molecule has 1 heterocycles. The van der Waals surface area contributed by atoms with Crippen LogP contribution < -0.4 is 4.74 Å². The number of benzene rings is 2. The summed E-state index contributed by atoms with van der Waals surface area (Å²) in [5.74, 6) is 0.485. The second kappa shape index (κ2) is 6.93. The van der Waals surface area contributed by atoms with Crippen molar-refractivity contribution < 1.29 is 9.53 Å². The Kier molecular flexibility index (Phi) is 4.74. The number of rotatable bonds is 5. The molecule has 0 saturated carbocycles. The third kappa shape index (κ3) is 3.47. The number of hydrogen-bond donors (Lipinski definition) is 0. The van der Waals surface area contributed by atoms with Crippen LogP contribution in [0.2, 0.25) is 0 Å². The number of carbonyl (C=O) groups is 1. The van der Waals surface area contributed by atoms with Crippen LogP contribution >= 0.6 is 11.6 Å². The molecular weight excluding hydrogens is 365 g/mol. The molecule has 0 N–H and O–H groups in total. The van der Waals surface area contributed by atoms with Gasteiger partial charge >= 0.3 is 139 Å². The van der Waals surface area contributed by atoms with Gasteiger partial charge in [-0.05, 0) is 0 Å². The van der Waals surface area contributed by atoms with Gasteiger partial charge in [-0.3, -0.25) is 0 Å². The minimum absolute atomic E-state index is 0.210. The third-order valence-electron chi connectivity index (χ3n) is 3.05. The molecule has 0 bridgehead atoms. The summed E-state index contributed by atoms with van der Waals surface area (Å²) in [4.78, 5) is 18.1. The molecule has 0 spiro atoms. The van der Waals surface area contributed by atoms with E-state index in [0.717, 1.165) is 15.8 Å². The van der Waals surface area contributed by atoms with E-state index in [9.17, 15) is 4.79 Å². The molecule has 0 saturated heterocycles. The molecule has 0 radical (unpaired) electrons. The Balaban J connectivity index is 1.73. The number of halogens is 1. The van der Waals surface area contributed by atoms with Crippen molar-refractivity contribution in [2.75, 3.05) is 0 Å². The Labute approximate surface area is 139 Å². The fourth-order valence-corrected chi connectivity index (χ4v) is 3.85. The summed E-state index contributed by atoms with van der Waals surface area (Å²) >= 11 is 5.76. The predicted octanol–water partition coefficient (Wildman–Crippen LogP) is 3.76. The molecule has 3 aromatic rings. The molecule has 3 rings (SSSR count). The van der Waals surface area contributed by atoms with Crippen LogP contribution in [0.3, 0.4) is 0 Å². The van der Waals surface area contributed by atoms with E-state index in [4.69, 9.17) is 16.3 Å². The molecule has 0 atom stereocenters. The second-order valence-corrected chi connectivity index (χ2v) is 6.71. The quantitative estimate of drug-likeness (QED) is 0.503. The van der Waals surface area contributed by atoms with Gasteiger partial charge in [-0.25, -0.2) is 0 Å². The minimum atomic E-state index is -0.520. The maximum absolute atomic E-state index is 11.3. The van der Waals surface area contributed by atoms with Crippen molar-refractivity contribution in [1.29, 1.82) is 0 Å². The van der Waals surface area contributed by atoms with Gasteiger partial charge in [0.15, 0.2) is 0 Å². The normalized spacial score (nSPS) is 10.4. The zero-order chi connectivity index (χ0) is 15.4. The second-order valence-electron chi connectivity index (χ2n) is 4.57. The molecule has 0 fully saturated rings. The fourth-order valence-electron chi connectivity index (χ4n) is 1.99. The molecule has 0 unspecified atom stereocenters. The zero-order valence-corrected chi connectivity index (χ0v) is 14.0. The van der Waals surface area contributed by atoms with Gasteiger partial charge in [0.25, 0.3) is 0 Å². The van der Waals surface area contributed by atoms with E-state index in [1.54, 1.807) is 18.2 Å². The number of para-hydroxylation sites is 1. The Morgan fingerprint density at radius 2 is 1.82 bits per heavy atom. The standard InChI is InChI=1S/C17H12ClNO2Se/c18-16(20)14-8-4-5-9-15(14)21-10-13-11-22-17(19-13)12-6-2-1-3-7-12/h1-9,11H,10H2. The van der Waals surface area contributed by atoms with Gasteiger partial charge in [0, 0.05) is 0 Å². The SMILES string of the molecule is O=C(Cl)c1ccccc1OCc1c[se]c(-c2ccccc2)n1. The molecule has 22 heavy (non-hydrogen) atoms. The first-order valence-corrected chi connectivity index (χ1v) is 8.88. The average molecular weight is 377 g/mol. The van der Waals surface area contributed by atoms with Crippen LogP contribution in [-0.4, -0.2) is 24.7 Å². The van der Waals surface area contributed by atoms with Crippen molar-refractivity contribution in [3.63, 3.8) is 0 Å². The first kappa shape index (κ1) is 15.0. The molecule has 110 valence electrons. The molecule has 3 nitrogen and oxygen atoms in total. The number of carbonyl (C=O) groups excluding carboxylic acids is 1. The van der Waals surface area contributed by atoms with Crippen molar-refractivity contribution >= 4 is 31.3 Å². The van der Waals surface area contributed by atoms with Crippen LogP contribution in [0.25, 0.3) is 10.1 Å². The first-order chi connectivity index (χ1) is 10.7. The predicted molar refractivity (Wildman–Crippen MR) is 87.6 cm³/mol. The molecular formula is C17H12ClNO2Se. The summed E-state index contributed by atoms with van der Waals surface area (Å²) in [5.41, 5.74) is 2.40. The van der Waals surface area contributed by atoms with Gasteiger partial charge < -0.3 is 0 Å². The molecule has 0 aliphatic carbocycles. The van der Waals surface area contributed by atoms with Gasteiger partial charge in [0.05, 0.1) is 0 Å². The van der Waals surface area contributed by atoms with Crippen molar-refractivity contribution in [3.8, 4) is 15.9 Å². The van der Waals surface area contributed by atoms with E-state index in [2.05, 4.69) is 22.1 Å². The first-order valence-electron chi connectivity index (χ1n) is 6.65. The van der Waals surface area contributed by atoms with Crippen LogP contribution in [0.15, 0.2) is 59.5 Å². The number of ether oxygens (including phenoxy) is 1. The van der Waals surface area contributed by atoms with Gasteiger partial charge in [0.2, 0.25) is 0 Å². The molecule has 0 amide bonds. The Bertz CT molecular complexity index is 786. The van der Waals surface area contributed by atoms with Crippen LogP contribution in [-0.2, 0) is 6.61 Å². The maximum atomic E-state index is 11.3. The summed E-state index contributed by atoms with van der Waals surface area (Å²) in [7, 11) is 0. The van der Waals surface area contributed by atoms with E-state index in [0.29, 0.717) is 17.9 Å². The van der Waals surface area contributed by atoms with Gasteiger partial charge in [-0.15, -0.1) is 0 Å². The van der Waals surface area contributed by atoms with Crippen molar-refractivity contribution in [3.05, 3.63) is 70.8 Å². The zero-order valence-electron chi connectivity index (χ0n) is 11.5. The van der Waals surface area contributed by atoms with E-state index in [1.807, 2.05) is 24.3 Å². The Hall–Kier alpha value is -1.87. The number of aromatic nitrogens is 1. The summed E-state index contributed by atoms with van der Waals surface area (Å²) < 4.78 is 6.79. The van der Waals surface area contributed by atoms with Crippen LogP contribution in [0.4, 0.5) is 0 Å². The molecule has 1 aromatic heterocycles. The third-order valence-corrected chi connectivity index (χ3v) is 5.22. The van der Waals surface area contributed by atoms with Crippen molar-refractivity contribution in [2.24, 2.45) is 0 Å². The van der Waals surface area contributed by atoms with E-state index in [1.165, 1.54) is 0 Å². The topological polar surface area (TPSA) is 39.2 Å². The summed E-state index contributed by atoms with van der Waals surface area (Å²) in [6.07, 6.45) is 0. The van der Waals surface area contributed by atoms with Gasteiger partial charge in [-0.2, -0.15) is 0 Å². The Morgan fingerprint density at radius 1 is 1.09 bits per heavy atom. The van der Waals surface area contributed by atoms with Crippen molar-refractivity contribution in [2.45, 2.75) is 6.61 Å². The number of nitrogens with zero attached hydrogens (tertiary/aromatic N) is 1. The molecule has 5 heteroatoms. The fraction of sp³-hybridized carbons (Fsp3) is 0.0588.